The second kappa shape index (κ2) is 8.00. The first-order valence-electron chi connectivity index (χ1n) is 9.05. The number of rotatable bonds is 6. The molecule has 2 aromatic heterocycles. The molecular weight excluding hydrogens is 386 g/mol. The number of hydrogen-bond donors (Lipinski definition) is 4. The molecule has 0 aliphatic heterocycles. The van der Waals surface area contributed by atoms with E-state index in [4.69, 9.17) is 9.47 Å². The summed E-state index contributed by atoms with van der Waals surface area (Å²) in [6, 6.07) is 13.5. The molecule has 0 atom stereocenters. The molecule has 0 aliphatic carbocycles. The molecule has 0 aliphatic rings. The fraction of sp³-hybridized carbons (Fsp3) is 0.0952. The Hall–Kier alpha value is -4.27. The number of H-pyrrole nitrogens is 1. The minimum Gasteiger partial charge on any atom is -0.508 e. The Morgan fingerprint density at radius 1 is 1.07 bits per heavy atom. The van der Waals surface area contributed by atoms with Crippen LogP contribution >= 0.6 is 0 Å². The molecule has 1 amide bonds. The number of methoxy groups -OCH3 is 1. The van der Waals surface area contributed by atoms with Crippen molar-refractivity contribution in [3.63, 3.8) is 0 Å². The summed E-state index contributed by atoms with van der Waals surface area (Å²) in [6.07, 6.45) is 1.51. The number of aromatic amines is 1. The summed E-state index contributed by atoms with van der Waals surface area (Å²) in [5, 5.41) is 15.4. The van der Waals surface area contributed by atoms with Gasteiger partial charge in [-0.2, -0.15) is 0 Å². The lowest BCUT2D eigenvalue weighted by atomic mass is 10.3. The number of pyridine rings is 1. The van der Waals surface area contributed by atoms with Crippen LogP contribution in [0.4, 0.5) is 11.6 Å². The van der Waals surface area contributed by atoms with Crippen molar-refractivity contribution in [1.29, 1.82) is 0 Å². The van der Waals surface area contributed by atoms with Crippen molar-refractivity contribution in [2.24, 2.45) is 0 Å². The Balaban J connectivity index is 1.56. The maximum Gasteiger partial charge on any atom is 0.269 e. The predicted octanol–water partition coefficient (Wildman–Crippen LogP) is 3.57. The molecule has 152 valence electrons. The fourth-order valence-corrected chi connectivity index (χ4v) is 2.88. The molecule has 9 nitrogen and oxygen atoms in total. The average molecular weight is 405 g/mol. The topological polar surface area (TPSA) is 121 Å². The monoisotopic (exact) mass is 405 g/mol. The number of amides is 1. The van der Waals surface area contributed by atoms with E-state index in [1.807, 2.05) is 6.07 Å². The maximum atomic E-state index is 11.7. The highest BCUT2D eigenvalue weighted by atomic mass is 16.5. The van der Waals surface area contributed by atoms with Gasteiger partial charge in [0.1, 0.15) is 28.7 Å². The Kier molecular flexibility index (Phi) is 5.08. The maximum absolute atomic E-state index is 11.7. The number of benzene rings is 2. The fourth-order valence-electron chi connectivity index (χ4n) is 2.88. The Labute approximate surface area is 171 Å². The van der Waals surface area contributed by atoms with Gasteiger partial charge >= 0.3 is 0 Å². The number of phenols is 1. The molecule has 30 heavy (non-hydrogen) atoms. The molecule has 4 aromatic rings. The van der Waals surface area contributed by atoms with Gasteiger partial charge < -0.3 is 30.2 Å². The highest BCUT2D eigenvalue weighted by molar-refractivity contribution is 5.92. The van der Waals surface area contributed by atoms with Gasteiger partial charge in [0.2, 0.25) is 5.95 Å². The van der Waals surface area contributed by atoms with Crippen LogP contribution in [-0.4, -0.2) is 40.1 Å². The quantitative estimate of drug-likeness (QED) is 0.387. The van der Waals surface area contributed by atoms with E-state index in [9.17, 15) is 9.90 Å². The van der Waals surface area contributed by atoms with Crippen LogP contribution in [0.3, 0.4) is 0 Å². The zero-order valence-corrected chi connectivity index (χ0v) is 16.3. The van der Waals surface area contributed by atoms with Crippen molar-refractivity contribution in [3.8, 4) is 23.0 Å². The van der Waals surface area contributed by atoms with Crippen LogP contribution in [0.2, 0.25) is 0 Å². The molecule has 0 unspecified atom stereocenters. The molecular formula is C21H19N5O4. The number of phenolic OH excluding ortho intramolecular Hbond substituents is 1. The van der Waals surface area contributed by atoms with E-state index in [1.54, 1.807) is 43.4 Å². The highest BCUT2D eigenvalue weighted by Gasteiger charge is 2.09. The summed E-state index contributed by atoms with van der Waals surface area (Å²) in [5.41, 5.74) is 2.38. The molecule has 0 radical (unpaired) electrons. The molecule has 0 fully saturated rings. The molecule has 0 spiro atoms. The average Bonchev–Trinajstić information content (AvgIpc) is 3.14. The third-order valence-corrected chi connectivity index (χ3v) is 4.27. The van der Waals surface area contributed by atoms with Crippen molar-refractivity contribution in [2.45, 2.75) is 0 Å². The van der Waals surface area contributed by atoms with Crippen LogP contribution in [0.5, 0.6) is 23.0 Å². The molecule has 2 heterocycles. The highest BCUT2D eigenvalue weighted by Crippen LogP contribution is 2.29. The molecule has 9 heteroatoms. The number of nitrogens with one attached hydrogen (secondary N) is 3. The number of ether oxygens (including phenoxy) is 2. The number of nitrogens with zero attached hydrogens (tertiary/aromatic N) is 2. The van der Waals surface area contributed by atoms with E-state index < -0.39 is 0 Å². The van der Waals surface area contributed by atoms with E-state index in [0.29, 0.717) is 28.9 Å². The number of hydrogen-bond acceptors (Lipinski definition) is 7. The first-order chi connectivity index (χ1) is 14.5. The van der Waals surface area contributed by atoms with Gasteiger partial charge in [0, 0.05) is 49.3 Å². The van der Waals surface area contributed by atoms with E-state index in [0.717, 1.165) is 11.0 Å². The van der Waals surface area contributed by atoms with Gasteiger partial charge in [0.25, 0.3) is 5.91 Å². The second-order valence-corrected chi connectivity index (χ2v) is 6.37. The third kappa shape index (κ3) is 4.09. The summed E-state index contributed by atoms with van der Waals surface area (Å²) < 4.78 is 11.0. The van der Waals surface area contributed by atoms with Crippen LogP contribution in [0.15, 0.2) is 54.7 Å². The lowest BCUT2D eigenvalue weighted by Crippen LogP contribution is -2.18. The standard InChI is InChI=1S/C21H19N5O4/c1-22-20(28)19-11-15(5-6-23-19)30-14-3-4-17-18(10-14)26-21(25-17)24-12-7-13(27)9-16(8-12)29-2/h3-11,27H,1-2H3,(H,22,28)(H2,24,25,26). The molecule has 4 N–H and O–H groups in total. The van der Waals surface area contributed by atoms with Gasteiger partial charge in [0.05, 0.1) is 18.1 Å². The number of carbonyl (C=O) groups is 1. The molecule has 0 saturated carbocycles. The first kappa shape index (κ1) is 19.1. The third-order valence-electron chi connectivity index (χ3n) is 4.27. The van der Waals surface area contributed by atoms with E-state index in [-0.39, 0.29) is 17.4 Å². The molecule has 0 bridgehead atoms. The van der Waals surface area contributed by atoms with Crippen molar-refractivity contribution in [3.05, 3.63) is 60.4 Å². The van der Waals surface area contributed by atoms with Crippen molar-refractivity contribution >= 4 is 28.6 Å². The number of imidazole rings is 1. The molecule has 4 rings (SSSR count). The Morgan fingerprint density at radius 3 is 2.70 bits per heavy atom. The van der Waals surface area contributed by atoms with Crippen LogP contribution in [0, 0.1) is 0 Å². The number of fused-ring (bicyclic) bond motifs is 1. The summed E-state index contributed by atoms with van der Waals surface area (Å²) in [7, 11) is 3.07. The van der Waals surface area contributed by atoms with Gasteiger partial charge in [-0.25, -0.2) is 4.98 Å². The normalized spacial score (nSPS) is 10.6. The lowest BCUT2D eigenvalue weighted by molar-refractivity contribution is 0.0958. The van der Waals surface area contributed by atoms with Crippen molar-refractivity contribution in [1.82, 2.24) is 20.3 Å². The van der Waals surface area contributed by atoms with Crippen molar-refractivity contribution in [2.75, 3.05) is 19.5 Å². The molecule has 2 aromatic carbocycles. The van der Waals surface area contributed by atoms with E-state index in [2.05, 4.69) is 25.6 Å². The summed E-state index contributed by atoms with van der Waals surface area (Å²) >= 11 is 0. The second-order valence-electron chi connectivity index (χ2n) is 6.37. The first-order valence-corrected chi connectivity index (χ1v) is 9.05. The van der Waals surface area contributed by atoms with Gasteiger partial charge in [0.15, 0.2) is 0 Å². The van der Waals surface area contributed by atoms with Gasteiger partial charge in [-0.15, -0.1) is 0 Å². The van der Waals surface area contributed by atoms with Crippen LogP contribution in [-0.2, 0) is 0 Å². The van der Waals surface area contributed by atoms with Gasteiger partial charge in [-0.1, -0.05) is 0 Å². The number of aromatic nitrogens is 3. The zero-order valence-electron chi connectivity index (χ0n) is 16.3. The number of carbonyl (C=O) groups excluding carboxylic acids is 1. The summed E-state index contributed by atoms with van der Waals surface area (Å²) in [6.45, 7) is 0. The largest absolute Gasteiger partial charge is 0.508 e. The van der Waals surface area contributed by atoms with Crippen LogP contribution in [0.1, 0.15) is 10.5 Å². The minimum atomic E-state index is -0.288. The summed E-state index contributed by atoms with van der Waals surface area (Å²) in [4.78, 5) is 23.4. The van der Waals surface area contributed by atoms with E-state index >= 15 is 0 Å². The zero-order chi connectivity index (χ0) is 21.1. The van der Waals surface area contributed by atoms with Crippen molar-refractivity contribution < 1.29 is 19.4 Å². The van der Waals surface area contributed by atoms with Gasteiger partial charge in [-0.3, -0.25) is 9.78 Å². The number of anilines is 2. The SMILES string of the molecule is CNC(=O)c1cc(Oc2ccc3nc(Nc4cc(O)cc(OC)c4)[nH]c3c2)ccn1. The predicted molar refractivity (Wildman–Crippen MR) is 112 cm³/mol. The van der Waals surface area contributed by atoms with Gasteiger partial charge in [-0.05, 0) is 18.2 Å². The molecule has 0 saturated heterocycles. The Bertz CT molecular complexity index is 1220. The van der Waals surface area contributed by atoms with E-state index in [1.165, 1.54) is 19.4 Å². The number of aromatic hydroxyl groups is 1. The van der Waals surface area contributed by atoms with Crippen LogP contribution in [0.25, 0.3) is 11.0 Å². The smallest absolute Gasteiger partial charge is 0.269 e. The lowest BCUT2D eigenvalue weighted by Gasteiger charge is -2.07. The Morgan fingerprint density at radius 2 is 1.90 bits per heavy atom. The summed E-state index contributed by atoms with van der Waals surface area (Å²) in [5.74, 6) is 1.89. The van der Waals surface area contributed by atoms with Crippen LogP contribution < -0.4 is 20.1 Å². The minimum absolute atomic E-state index is 0.0807.